The van der Waals surface area contributed by atoms with Crippen molar-refractivity contribution in [3.8, 4) is 0 Å². The Balaban J connectivity index is 0.000000885. The second-order valence-corrected chi connectivity index (χ2v) is 3.38. The van der Waals surface area contributed by atoms with Crippen LogP contribution in [0.4, 0.5) is 13.2 Å². The van der Waals surface area contributed by atoms with Crippen molar-refractivity contribution in [1.82, 2.24) is 15.8 Å². The van der Waals surface area contributed by atoms with Crippen molar-refractivity contribution in [2.24, 2.45) is 0 Å². The summed E-state index contributed by atoms with van der Waals surface area (Å²) in [5.41, 5.74) is -0.345. The molecule has 0 aliphatic rings. The Morgan fingerprint density at radius 3 is 2.48 bits per heavy atom. The van der Waals surface area contributed by atoms with E-state index in [4.69, 9.17) is 10.0 Å². The molecule has 1 aromatic heterocycles. The van der Waals surface area contributed by atoms with Gasteiger partial charge in [0.05, 0.1) is 11.1 Å². The summed E-state index contributed by atoms with van der Waals surface area (Å²) in [5.74, 6) is -0.896. The van der Waals surface area contributed by atoms with E-state index >= 15 is 0 Å². The standard InChI is InChI=1S/C10H9F3N2O2.CH3NO2/c11-10(12,13)8-2-4-14-6-7(8)9(17)15-3-1-5-16;3-1-2-4/h2,4-6H,1,3H2,(H,15,17);1,4H,(H,2,3). The van der Waals surface area contributed by atoms with E-state index in [1.54, 1.807) is 0 Å². The van der Waals surface area contributed by atoms with E-state index in [0.29, 0.717) is 6.29 Å². The van der Waals surface area contributed by atoms with Gasteiger partial charge in [-0.15, -0.1) is 0 Å². The third-order valence-corrected chi connectivity index (χ3v) is 1.97. The van der Waals surface area contributed by atoms with E-state index in [1.165, 1.54) is 5.48 Å². The van der Waals surface area contributed by atoms with Gasteiger partial charge in [-0.05, 0) is 6.07 Å². The second-order valence-electron chi connectivity index (χ2n) is 3.38. The van der Waals surface area contributed by atoms with Gasteiger partial charge in [-0.25, -0.2) is 5.48 Å². The first-order chi connectivity index (χ1) is 9.88. The first-order valence-corrected chi connectivity index (χ1v) is 5.44. The molecule has 0 spiro atoms. The Kier molecular flexibility index (Phi) is 8.30. The van der Waals surface area contributed by atoms with Crippen molar-refractivity contribution in [2.45, 2.75) is 12.6 Å². The molecule has 0 bridgehead atoms. The molecule has 0 aromatic carbocycles. The molecule has 0 saturated carbocycles. The quantitative estimate of drug-likeness (QED) is 0.318. The van der Waals surface area contributed by atoms with Crippen LogP contribution in [0.2, 0.25) is 0 Å². The molecule has 0 aliphatic carbocycles. The lowest BCUT2D eigenvalue weighted by Gasteiger charge is -2.11. The fourth-order valence-electron chi connectivity index (χ4n) is 1.16. The maximum atomic E-state index is 12.5. The molecule has 0 saturated heterocycles. The molecule has 21 heavy (non-hydrogen) atoms. The summed E-state index contributed by atoms with van der Waals surface area (Å²) in [5, 5.41) is 9.46. The molecule has 0 aliphatic heterocycles. The smallest absolute Gasteiger partial charge is 0.352 e. The van der Waals surface area contributed by atoms with Crippen LogP contribution in [0.25, 0.3) is 0 Å². The average molecular weight is 307 g/mol. The van der Waals surface area contributed by atoms with Gasteiger partial charge >= 0.3 is 6.18 Å². The summed E-state index contributed by atoms with van der Waals surface area (Å²) in [6.07, 6.45) is -2.01. The van der Waals surface area contributed by atoms with Gasteiger partial charge in [-0.2, -0.15) is 13.2 Å². The van der Waals surface area contributed by atoms with Crippen LogP contribution in [-0.4, -0.2) is 35.3 Å². The van der Waals surface area contributed by atoms with E-state index in [0.717, 1.165) is 18.5 Å². The van der Waals surface area contributed by atoms with Crippen LogP contribution in [0.1, 0.15) is 22.3 Å². The van der Waals surface area contributed by atoms with E-state index < -0.39 is 23.2 Å². The summed E-state index contributed by atoms with van der Waals surface area (Å²) in [6, 6.07) is 0.731. The number of nitrogens with one attached hydrogen (secondary N) is 2. The highest BCUT2D eigenvalue weighted by Crippen LogP contribution is 2.31. The number of hydrogen-bond donors (Lipinski definition) is 3. The number of hydroxylamine groups is 1. The molecule has 10 heteroatoms. The summed E-state index contributed by atoms with van der Waals surface area (Å²) in [6.45, 7) is -0.00543. The SMILES string of the molecule is O=CCCNC(=O)c1cnccc1C(F)(F)F.O=CNO. The minimum Gasteiger partial charge on any atom is -0.352 e. The normalized spacial score (nSPS) is 9.90. The van der Waals surface area contributed by atoms with Crippen LogP contribution < -0.4 is 10.8 Å². The molecule has 0 radical (unpaired) electrons. The molecule has 1 aromatic rings. The minimum atomic E-state index is -4.61. The molecular formula is C11H12F3N3O4. The first kappa shape index (κ1) is 18.5. The Labute approximate surface area is 117 Å². The lowest BCUT2D eigenvalue weighted by atomic mass is 10.1. The number of pyridine rings is 1. The van der Waals surface area contributed by atoms with Gasteiger partial charge in [0.15, 0.2) is 0 Å². The van der Waals surface area contributed by atoms with Gasteiger partial charge in [0, 0.05) is 25.4 Å². The highest BCUT2D eigenvalue weighted by molar-refractivity contribution is 5.95. The molecule has 2 amide bonds. The minimum absolute atomic E-state index is 0.00543. The number of hydrogen-bond acceptors (Lipinski definition) is 5. The summed E-state index contributed by atoms with van der Waals surface area (Å²) in [4.78, 5) is 33.7. The Morgan fingerprint density at radius 2 is 2.00 bits per heavy atom. The predicted molar refractivity (Wildman–Crippen MR) is 63.2 cm³/mol. The zero-order valence-electron chi connectivity index (χ0n) is 10.6. The van der Waals surface area contributed by atoms with Crippen LogP contribution >= 0.6 is 0 Å². The molecule has 0 fully saturated rings. The van der Waals surface area contributed by atoms with Crippen LogP contribution in [0.5, 0.6) is 0 Å². The maximum absolute atomic E-state index is 12.5. The zero-order valence-corrected chi connectivity index (χ0v) is 10.6. The first-order valence-electron chi connectivity index (χ1n) is 5.44. The highest BCUT2D eigenvalue weighted by atomic mass is 19.4. The molecule has 116 valence electrons. The Hall–Kier alpha value is -2.49. The molecule has 1 rings (SSSR count). The summed E-state index contributed by atoms with van der Waals surface area (Å²) in [7, 11) is 0. The number of nitrogens with zero attached hydrogens (tertiary/aromatic N) is 1. The van der Waals surface area contributed by atoms with Crippen molar-refractivity contribution in [3.05, 3.63) is 29.6 Å². The van der Waals surface area contributed by atoms with Crippen molar-refractivity contribution in [1.29, 1.82) is 0 Å². The fourth-order valence-corrected chi connectivity index (χ4v) is 1.16. The monoisotopic (exact) mass is 307 g/mol. The van der Waals surface area contributed by atoms with Crippen LogP contribution in [0.3, 0.4) is 0 Å². The third-order valence-electron chi connectivity index (χ3n) is 1.97. The number of alkyl halides is 3. The number of amides is 2. The van der Waals surface area contributed by atoms with Crippen molar-refractivity contribution in [3.63, 3.8) is 0 Å². The van der Waals surface area contributed by atoms with Gasteiger partial charge in [-0.1, -0.05) is 0 Å². The number of aldehydes is 1. The van der Waals surface area contributed by atoms with Crippen LogP contribution in [0, 0.1) is 0 Å². The number of rotatable bonds is 5. The maximum Gasteiger partial charge on any atom is 0.417 e. The molecule has 0 unspecified atom stereocenters. The number of carbonyl (C=O) groups excluding carboxylic acids is 3. The van der Waals surface area contributed by atoms with Crippen molar-refractivity contribution in [2.75, 3.05) is 6.54 Å². The number of halogens is 3. The van der Waals surface area contributed by atoms with Crippen LogP contribution in [0.15, 0.2) is 18.5 Å². The topological polar surface area (TPSA) is 108 Å². The molecule has 7 nitrogen and oxygen atoms in total. The van der Waals surface area contributed by atoms with Crippen LogP contribution in [-0.2, 0) is 15.8 Å². The zero-order chi connectivity index (χ0) is 16.3. The van der Waals surface area contributed by atoms with E-state index in [1.807, 2.05) is 0 Å². The largest absolute Gasteiger partial charge is 0.417 e. The average Bonchev–Trinajstić information content (AvgIpc) is 2.47. The molecular weight excluding hydrogens is 295 g/mol. The molecule has 1 heterocycles. The molecule has 0 atom stereocenters. The van der Waals surface area contributed by atoms with Gasteiger partial charge in [-0.3, -0.25) is 19.8 Å². The lowest BCUT2D eigenvalue weighted by Crippen LogP contribution is -2.27. The second kappa shape index (κ2) is 9.42. The highest BCUT2D eigenvalue weighted by Gasteiger charge is 2.35. The number of aromatic nitrogens is 1. The lowest BCUT2D eigenvalue weighted by molar-refractivity contribution is -0.138. The van der Waals surface area contributed by atoms with E-state index in [-0.39, 0.29) is 19.4 Å². The Morgan fingerprint density at radius 1 is 1.38 bits per heavy atom. The van der Waals surface area contributed by atoms with Gasteiger partial charge in [0.1, 0.15) is 6.29 Å². The molecule has 3 N–H and O–H groups in total. The summed E-state index contributed by atoms with van der Waals surface area (Å²) >= 11 is 0. The van der Waals surface area contributed by atoms with E-state index in [2.05, 4.69) is 10.3 Å². The van der Waals surface area contributed by atoms with Gasteiger partial charge in [0.2, 0.25) is 6.41 Å². The third kappa shape index (κ3) is 7.01. The Bertz CT molecular complexity index is 480. The van der Waals surface area contributed by atoms with Crippen molar-refractivity contribution < 1.29 is 32.8 Å². The fraction of sp³-hybridized carbons (Fsp3) is 0.273. The van der Waals surface area contributed by atoms with Gasteiger partial charge < -0.3 is 10.1 Å². The van der Waals surface area contributed by atoms with Crippen molar-refractivity contribution >= 4 is 18.6 Å². The van der Waals surface area contributed by atoms with E-state index in [9.17, 15) is 22.8 Å². The number of carbonyl (C=O) groups is 3. The van der Waals surface area contributed by atoms with Gasteiger partial charge in [0.25, 0.3) is 5.91 Å². The predicted octanol–water partition coefficient (Wildman–Crippen LogP) is 0.541. The summed E-state index contributed by atoms with van der Waals surface area (Å²) < 4.78 is 37.6.